The lowest BCUT2D eigenvalue weighted by Crippen LogP contribution is -2.61. The maximum absolute atomic E-state index is 14.9. The van der Waals surface area contributed by atoms with Crippen LogP contribution in [-0.2, 0) is 14.3 Å². The zero-order valence-electron chi connectivity index (χ0n) is 24.5. The number of aliphatic carboxylic acids is 1. The van der Waals surface area contributed by atoms with Crippen molar-refractivity contribution in [2.45, 2.75) is 38.9 Å². The van der Waals surface area contributed by atoms with Crippen LogP contribution in [0.15, 0.2) is 46.7 Å². The van der Waals surface area contributed by atoms with Crippen LogP contribution in [0.4, 0.5) is 18.0 Å². The summed E-state index contributed by atoms with van der Waals surface area (Å²) in [5, 5.41) is 12.9. The molecule has 1 aromatic heterocycles. The Balaban J connectivity index is 1.78. The van der Waals surface area contributed by atoms with Gasteiger partial charge >= 0.3 is 18.0 Å². The van der Waals surface area contributed by atoms with Crippen LogP contribution < -0.4 is 5.32 Å². The van der Waals surface area contributed by atoms with E-state index in [0.717, 1.165) is 25.4 Å². The highest BCUT2D eigenvalue weighted by Gasteiger charge is 2.40. The summed E-state index contributed by atoms with van der Waals surface area (Å²) < 4.78 is 47.6. The number of amides is 2. The fourth-order valence-electron chi connectivity index (χ4n) is 5.25. The number of esters is 1. The van der Waals surface area contributed by atoms with Crippen LogP contribution in [0.2, 0.25) is 5.02 Å². The minimum atomic E-state index is -1.26. The number of aliphatic imine (C=N–C) groups is 1. The largest absolute Gasteiger partial charge is 0.480 e. The van der Waals surface area contributed by atoms with Crippen molar-refractivity contribution in [1.82, 2.24) is 25.0 Å². The van der Waals surface area contributed by atoms with Crippen LogP contribution in [0, 0.1) is 17.5 Å². The molecule has 2 N–H and O–H groups in total. The molecule has 0 saturated carbocycles. The van der Waals surface area contributed by atoms with Crippen molar-refractivity contribution in [3.63, 3.8) is 0 Å². The molecule has 15 heteroatoms. The van der Waals surface area contributed by atoms with Crippen molar-refractivity contribution in [3.05, 3.63) is 75.5 Å². The Kier molecular flexibility index (Phi) is 10.1. The lowest BCUT2D eigenvalue weighted by Gasteiger charge is -2.42. The highest BCUT2D eigenvalue weighted by Crippen LogP contribution is 2.37. The fraction of sp³-hybridized carbons (Fsp3) is 0.414. The number of halogens is 4. The number of hydrogen-bond donors (Lipinski definition) is 2. The average Bonchev–Trinajstić information content (AvgIpc) is 2.96. The van der Waals surface area contributed by atoms with Crippen molar-refractivity contribution >= 4 is 35.4 Å². The van der Waals surface area contributed by atoms with E-state index >= 15 is 0 Å². The molecular formula is C29H32ClF3N6O5. The molecule has 1 fully saturated rings. The molecule has 2 amide bonds. The summed E-state index contributed by atoms with van der Waals surface area (Å²) in [6.45, 7) is 5.96. The van der Waals surface area contributed by atoms with Crippen molar-refractivity contribution in [1.29, 1.82) is 0 Å². The van der Waals surface area contributed by atoms with E-state index in [-0.39, 0.29) is 71.6 Å². The number of carbonyl (C=O) groups is 3. The maximum Gasteiger partial charge on any atom is 0.338 e. The third-order valence-electron chi connectivity index (χ3n) is 7.44. The standard InChI is InChI=1S/C29H32ClF3N6O5/c1-5-39(15(2)3)29(43)38-9-8-37(22(14-38)27(40)41)13-21-23(28(42)44-4)24(18-7-6-16(31)10-19(18)30)36-26(35-21)25-20(33)11-17(32)12-34-25/h6-7,10-12,15,22,24H,5,8-9,13-14H2,1-4H3,(H,35,36)(H,40,41)/t22-,24-/m0/s1. The number of nitrogens with zero attached hydrogens (tertiary/aromatic N) is 5. The number of aromatic nitrogens is 1. The number of ether oxygens (including phenoxy) is 1. The molecule has 1 saturated heterocycles. The molecule has 2 aliphatic rings. The van der Waals surface area contributed by atoms with E-state index in [1.807, 2.05) is 20.8 Å². The average molecular weight is 637 g/mol. The van der Waals surface area contributed by atoms with E-state index in [0.29, 0.717) is 12.6 Å². The molecule has 2 aliphatic heterocycles. The fourth-order valence-corrected chi connectivity index (χ4v) is 5.52. The predicted octanol–water partition coefficient (Wildman–Crippen LogP) is 3.59. The number of piperazine rings is 1. The number of methoxy groups -OCH3 is 1. The first-order valence-corrected chi connectivity index (χ1v) is 14.2. The third-order valence-corrected chi connectivity index (χ3v) is 7.77. The molecular weight excluding hydrogens is 605 g/mol. The zero-order chi connectivity index (χ0) is 32.3. The van der Waals surface area contributed by atoms with Crippen molar-refractivity contribution < 1.29 is 37.4 Å². The summed E-state index contributed by atoms with van der Waals surface area (Å²) in [4.78, 5) is 51.7. The topological polar surface area (TPSA) is 128 Å². The van der Waals surface area contributed by atoms with Gasteiger partial charge in [0, 0.05) is 61.1 Å². The number of urea groups is 1. The predicted molar refractivity (Wildman–Crippen MR) is 155 cm³/mol. The van der Waals surface area contributed by atoms with Gasteiger partial charge in [0.1, 0.15) is 29.4 Å². The minimum absolute atomic E-state index is 0.0844. The summed E-state index contributed by atoms with van der Waals surface area (Å²) in [7, 11) is 1.13. The number of amidine groups is 1. The Bertz CT molecular complexity index is 1520. The van der Waals surface area contributed by atoms with Gasteiger partial charge in [0.15, 0.2) is 11.7 Å². The molecule has 0 unspecified atom stereocenters. The van der Waals surface area contributed by atoms with Gasteiger partial charge in [0.25, 0.3) is 0 Å². The van der Waals surface area contributed by atoms with Crippen LogP contribution in [0.25, 0.3) is 0 Å². The number of hydrogen-bond acceptors (Lipinski definition) is 8. The van der Waals surface area contributed by atoms with Gasteiger partial charge in [0.05, 0.1) is 18.9 Å². The highest BCUT2D eigenvalue weighted by molar-refractivity contribution is 6.31. The molecule has 44 heavy (non-hydrogen) atoms. The van der Waals surface area contributed by atoms with Gasteiger partial charge in [-0.2, -0.15) is 0 Å². The monoisotopic (exact) mass is 636 g/mol. The molecule has 0 radical (unpaired) electrons. The van der Waals surface area contributed by atoms with Gasteiger partial charge < -0.3 is 25.0 Å². The highest BCUT2D eigenvalue weighted by atomic mass is 35.5. The smallest absolute Gasteiger partial charge is 0.338 e. The molecule has 2 atom stereocenters. The first-order chi connectivity index (χ1) is 20.9. The molecule has 4 rings (SSSR count). The van der Waals surface area contributed by atoms with Gasteiger partial charge in [-0.1, -0.05) is 17.7 Å². The number of carbonyl (C=O) groups excluding carboxylic acids is 2. The number of carboxylic acids is 1. The van der Waals surface area contributed by atoms with E-state index in [4.69, 9.17) is 16.3 Å². The summed E-state index contributed by atoms with van der Waals surface area (Å²) in [5.74, 6) is -4.90. The quantitative estimate of drug-likeness (QED) is 0.421. The van der Waals surface area contributed by atoms with Crippen molar-refractivity contribution in [3.8, 4) is 0 Å². The second-order valence-corrected chi connectivity index (χ2v) is 10.9. The van der Waals surface area contributed by atoms with Crippen LogP contribution in [0.1, 0.15) is 38.1 Å². The van der Waals surface area contributed by atoms with E-state index in [2.05, 4.69) is 15.3 Å². The lowest BCUT2D eigenvalue weighted by molar-refractivity contribution is -0.145. The van der Waals surface area contributed by atoms with Gasteiger partial charge in [-0.3, -0.25) is 14.7 Å². The second kappa shape index (κ2) is 13.6. The SMILES string of the molecule is CCN(C(=O)N1CCN(CC2=C(C(=O)OC)[C@H](c3ccc(F)cc3Cl)N=C(c3ncc(F)cc3F)N2)[C@H](C(=O)O)C1)C(C)C. The first kappa shape index (κ1) is 32.7. The molecule has 1 aromatic carbocycles. The third kappa shape index (κ3) is 6.81. The first-order valence-electron chi connectivity index (χ1n) is 13.8. The van der Waals surface area contributed by atoms with Crippen LogP contribution in [0.3, 0.4) is 0 Å². The Labute approximate surface area is 256 Å². The second-order valence-electron chi connectivity index (χ2n) is 10.5. The minimum Gasteiger partial charge on any atom is -0.480 e. The number of benzene rings is 1. The zero-order valence-corrected chi connectivity index (χ0v) is 25.2. The Morgan fingerprint density at radius 1 is 1.18 bits per heavy atom. The molecule has 0 spiro atoms. The molecule has 236 valence electrons. The Hall–Kier alpha value is -4.17. The van der Waals surface area contributed by atoms with Crippen LogP contribution >= 0.6 is 11.6 Å². The van der Waals surface area contributed by atoms with Crippen molar-refractivity contribution in [2.24, 2.45) is 4.99 Å². The van der Waals surface area contributed by atoms with Gasteiger partial charge in [-0.05, 0) is 32.9 Å². The van der Waals surface area contributed by atoms with Crippen molar-refractivity contribution in [2.75, 3.05) is 39.8 Å². The summed E-state index contributed by atoms with van der Waals surface area (Å²) in [6, 6.07) is 1.22. The molecule has 0 aliphatic carbocycles. The molecule has 11 nitrogen and oxygen atoms in total. The normalized spacial score (nSPS) is 19.0. The molecule has 0 bridgehead atoms. The Morgan fingerprint density at radius 2 is 1.91 bits per heavy atom. The van der Waals surface area contributed by atoms with Crippen LogP contribution in [-0.4, -0.2) is 101 Å². The van der Waals surface area contributed by atoms with Gasteiger partial charge in [0.2, 0.25) is 0 Å². The molecule has 3 heterocycles. The van der Waals surface area contributed by atoms with Gasteiger partial charge in [-0.25, -0.2) is 27.7 Å². The van der Waals surface area contributed by atoms with E-state index < -0.39 is 41.5 Å². The number of carboxylic acid groups (broad SMARTS) is 1. The number of nitrogens with one attached hydrogen (secondary N) is 1. The summed E-state index contributed by atoms with van der Waals surface area (Å²) >= 11 is 6.36. The summed E-state index contributed by atoms with van der Waals surface area (Å²) in [6.07, 6.45) is 0.787. The van der Waals surface area contributed by atoms with E-state index in [1.165, 1.54) is 11.0 Å². The van der Waals surface area contributed by atoms with Crippen LogP contribution in [0.5, 0.6) is 0 Å². The number of rotatable bonds is 8. The molecule has 2 aromatic rings. The lowest BCUT2D eigenvalue weighted by atomic mass is 9.94. The maximum atomic E-state index is 14.9. The summed E-state index contributed by atoms with van der Waals surface area (Å²) in [5.41, 5.74) is -0.214. The van der Waals surface area contributed by atoms with Gasteiger partial charge in [-0.15, -0.1) is 0 Å². The number of pyridine rings is 1. The van der Waals surface area contributed by atoms with E-state index in [9.17, 15) is 32.7 Å². The Morgan fingerprint density at radius 3 is 2.50 bits per heavy atom. The van der Waals surface area contributed by atoms with E-state index in [1.54, 1.807) is 9.80 Å².